The minimum Gasteiger partial charge on any atom is -0.396 e. The highest BCUT2D eigenvalue weighted by molar-refractivity contribution is 5.55. The molecule has 1 aromatic carbocycles. The van der Waals surface area contributed by atoms with Crippen molar-refractivity contribution in [3.8, 4) is 0 Å². The van der Waals surface area contributed by atoms with Crippen LogP contribution in [0.5, 0.6) is 0 Å². The Morgan fingerprint density at radius 2 is 2.19 bits per heavy atom. The van der Waals surface area contributed by atoms with Crippen LogP contribution in [0.3, 0.4) is 0 Å². The van der Waals surface area contributed by atoms with Gasteiger partial charge in [-0.1, -0.05) is 13.0 Å². The first-order valence-electron chi connectivity index (χ1n) is 8.13. The summed E-state index contributed by atoms with van der Waals surface area (Å²) in [5, 5.41) is 12.4. The van der Waals surface area contributed by atoms with E-state index in [1.54, 1.807) is 6.07 Å². The molecule has 1 aliphatic rings. The number of anilines is 1. The molecule has 2 rings (SSSR count). The molecular formula is C17H27FN2O. The number of aliphatic hydroxyl groups excluding tert-OH is 1. The van der Waals surface area contributed by atoms with Crippen LogP contribution in [0.25, 0.3) is 0 Å². The van der Waals surface area contributed by atoms with Crippen molar-refractivity contribution in [3.63, 3.8) is 0 Å². The van der Waals surface area contributed by atoms with E-state index in [1.807, 2.05) is 6.07 Å². The summed E-state index contributed by atoms with van der Waals surface area (Å²) >= 11 is 0. The second-order valence-corrected chi connectivity index (χ2v) is 5.77. The van der Waals surface area contributed by atoms with Gasteiger partial charge in [0.25, 0.3) is 0 Å². The highest BCUT2D eigenvalue weighted by Gasteiger charge is 2.26. The fraction of sp³-hybridized carbons (Fsp3) is 0.647. The van der Waals surface area contributed by atoms with Gasteiger partial charge in [-0.05, 0) is 50.8 Å². The Labute approximate surface area is 127 Å². The van der Waals surface area contributed by atoms with E-state index < -0.39 is 0 Å². The first-order valence-corrected chi connectivity index (χ1v) is 8.13. The second kappa shape index (κ2) is 8.35. The van der Waals surface area contributed by atoms with Crippen LogP contribution in [0.2, 0.25) is 0 Å². The maximum atomic E-state index is 14.2. The second-order valence-electron chi connectivity index (χ2n) is 5.77. The van der Waals surface area contributed by atoms with Crippen LogP contribution in [0.4, 0.5) is 10.1 Å². The molecular weight excluding hydrogens is 267 g/mol. The highest BCUT2D eigenvalue weighted by Crippen LogP contribution is 2.32. The maximum Gasteiger partial charge on any atom is 0.129 e. The van der Waals surface area contributed by atoms with E-state index in [4.69, 9.17) is 5.11 Å². The average Bonchev–Trinajstić information content (AvgIpc) is 2.43. The zero-order valence-electron chi connectivity index (χ0n) is 12.9. The lowest BCUT2D eigenvalue weighted by Crippen LogP contribution is -2.42. The summed E-state index contributed by atoms with van der Waals surface area (Å²) < 4.78 is 14.2. The summed E-state index contributed by atoms with van der Waals surface area (Å²) in [6, 6.07) is 5.85. The topological polar surface area (TPSA) is 35.5 Å². The van der Waals surface area contributed by atoms with Gasteiger partial charge in [-0.15, -0.1) is 0 Å². The van der Waals surface area contributed by atoms with Crippen molar-refractivity contribution in [1.29, 1.82) is 0 Å². The van der Waals surface area contributed by atoms with E-state index in [0.29, 0.717) is 12.6 Å². The number of nitrogens with zero attached hydrogens (tertiary/aromatic N) is 1. The molecule has 0 atom stereocenters. The van der Waals surface area contributed by atoms with Gasteiger partial charge in [-0.25, -0.2) is 4.39 Å². The number of nitrogens with one attached hydrogen (secondary N) is 1. The van der Waals surface area contributed by atoms with Crippen molar-refractivity contribution in [2.75, 3.05) is 24.6 Å². The van der Waals surface area contributed by atoms with Gasteiger partial charge in [0.1, 0.15) is 5.82 Å². The van der Waals surface area contributed by atoms with Crippen LogP contribution in [0.1, 0.15) is 44.6 Å². The van der Waals surface area contributed by atoms with Crippen LogP contribution in [-0.4, -0.2) is 30.8 Å². The molecule has 1 saturated carbocycles. The Morgan fingerprint density at radius 1 is 1.38 bits per heavy atom. The van der Waals surface area contributed by atoms with Crippen molar-refractivity contribution in [2.24, 2.45) is 0 Å². The van der Waals surface area contributed by atoms with Crippen molar-refractivity contribution in [1.82, 2.24) is 5.32 Å². The largest absolute Gasteiger partial charge is 0.396 e. The Morgan fingerprint density at radius 3 is 2.81 bits per heavy atom. The number of hydrogen-bond acceptors (Lipinski definition) is 3. The summed E-state index contributed by atoms with van der Waals surface area (Å²) in [7, 11) is 0. The van der Waals surface area contributed by atoms with Crippen molar-refractivity contribution >= 4 is 5.69 Å². The third kappa shape index (κ3) is 4.17. The van der Waals surface area contributed by atoms with E-state index in [9.17, 15) is 4.39 Å². The van der Waals surface area contributed by atoms with Gasteiger partial charge >= 0.3 is 0 Å². The van der Waals surface area contributed by atoms with E-state index in [2.05, 4.69) is 17.1 Å². The summed E-state index contributed by atoms with van der Waals surface area (Å²) in [5.74, 6) is -0.135. The van der Waals surface area contributed by atoms with Gasteiger partial charge in [0.05, 0.1) is 0 Å². The lowest BCUT2D eigenvalue weighted by Gasteiger charge is -2.40. The van der Waals surface area contributed by atoms with Crippen LogP contribution in [0, 0.1) is 5.82 Å². The molecule has 0 aromatic heterocycles. The highest BCUT2D eigenvalue weighted by atomic mass is 19.1. The third-order valence-corrected chi connectivity index (χ3v) is 4.20. The molecule has 0 radical (unpaired) electrons. The molecule has 0 heterocycles. The van der Waals surface area contributed by atoms with E-state index in [1.165, 1.54) is 25.3 Å². The SMILES string of the molecule is CCCNCc1c(F)cccc1N(CCCO)C1CCC1. The predicted octanol–water partition coefficient (Wildman–Crippen LogP) is 3.07. The molecule has 118 valence electrons. The Bertz CT molecular complexity index is 435. The number of benzene rings is 1. The standard InChI is InChI=1S/C17H27FN2O/c1-2-10-19-13-15-16(18)8-4-9-17(15)20(11-5-12-21)14-6-3-7-14/h4,8-9,14,19,21H,2-3,5-7,10-13H2,1H3. The van der Waals surface area contributed by atoms with Gasteiger partial charge in [-0.2, -0.15) is 0 Å². The maximum absolute atomic E-state index is 14.2. The number of hydrogen-bond donors (Lipinski definition) is 2. The molecule has 0 spiro atoms. The van der Waals surface area contributed by atoms with Gasteiger partial charge < -0.3 is 15.3 Å². The molecule has 3 nitrogen and oxygen atoms in total. The van der Waals surface area contributed by atoms with Gasteiger partial charge in [-0.3, -0.25) is 0 Å². The van der Waals surface area contributed by atoms with Gasteiger partial charge in [0, 0.05) is 37.0 Å². The average molecular weight is 294 g/mol. The molecule has 1 fully saturated rings. The number of aliphatic hydroxyl groups is 1. The van der Waals surface area contributed by atoms with E-state index >= 15 is 0 Å². The van der Waals surface area contributed by atoms with E-state index in [0.717, 1.165) is 37.2 Å². The minimum absolute atomic E-state index is 0.135. The number of rotatable bonds is 9. The first kappa shape index (κ1) is 16.2. The van der Waals surface area contributed by atoms with E-state index in [-0.39, 0.29) is 12.4 Å². The summed E-state index contributed by atoms with van der Waals surface area (Å²) in [6.45, 7) is 4.55. The molecule has 2 N–H and O–H groups in total. The van der Waals surface area contributed by atoms with Crippen LogP contribution < -0.4 is 10.2 Å². The zero-order chi connectivity index (χ0) is 15.1. The fourth-order valence-corrected chi connectivity index (χ4v) is 2.82. The zero-order valence-corrected chi connectivity index (χ0v) is 12.9. The predicted molar refractivity (Wildman–Crippen MR) is 85.1 cm³/mol. The Balaban J connectivity index is 2.18. The minimum atomic E-state index is -0.135. The van der Waals surface area contributed by atoms with Crippen molar-refractivity contribution < 1.29 is 9.50 Å². The Hall–Kier alpha value is -1.13. The monoisotopic (exact) mass is 294 g/mol. The lowest BCUT2D eigenvalue weighted by atomic mass is 9.90. The fourth-order valence-electron chi connectivity index (χ4n) is 2.82. The molecule has 0 aliphatic heterocycles. The van der Waals surface area contributed by atoms with Gasteiger partial charge in [0.15, 0.2) is 0 Å². The van der Waals surface area contributed by atoms with Crippen LogP contribution >= 0.6 is 0 Å². The molecule has 0 bridgehead atoms. The molecule has 21 heavy (non-hydrogen) atoms. The molecule has 4 heteroatoms. The lowest BCUT2D eigenvalue weighted by molar-refractivity contribution is 0.283. The normalized spacial score (nSPS) is 15.0. The quantitative estimate of drug-likeness (QED) is 0.687. The molecule has 0 amide bonds. The van der Waals surface area contributed by atoms with Crippen LogP contribution in [0.15, 0.2) is 18.2 Å². The number of halogens is 1. The van der Waals surface area contributed by atoms with Crippen LogP contribution in [-0.2, 0) is 6.54 Å². The molecule has 0 saturated heterocycles. The first-order chi connectivity index (χ1) is 10.3. The molecule has 1 aliphatic carbocycles. The smallest absolute Gasteiger partial charge is 0.129 e. The van der Waals surface area contributed by atoms with Gasteiger partial charge in [0.2, 0.25) is 0 Å². The Kier molecular flexibility index (Phi) is 6.46. The summed E-state index contributed by atoms with van der Waals surface area (Å²) in [6.07, 6.45) is 5.36. The molecule has 0 unspecified atom stereocenters. The summed E-state index contributed by atoms with van der Waals surface area (Å²) in [5.41, 5.74) is 1.76. The summed E-state index contributed by atoms with van der Waals surface area (Å²) in [4.78, 5) is 2.30. The van der Waals surface area contributed by atoms with Crippen molar-refractivity contribution in [2.45, 2.75) is 51.6 Å². The third-order valence-electron chi connectivity index (χ3n) is 4.20. The van der Waals surface area contributed by atoms with Crippen molar-refractivity contribution in [3.05, 3.63) is 29.6 Å². The molecule has 1 aromatic rings.